The number of hydrogen-bond acceptors (Lipinski definition) is 3. The summed E-state index contributed by atoms with van der Waals surface area (Å²) in [5, 5.41) is 5.19. The van der Waals surface area contributed by atoms with E-state index in [0.29, 0.717) is 16.9 Å². The van der Waals surface area contributed by atoms with Crippen LogP contribution >= 0.6 is 0 Å². The summed E-state index contributed by atoms with van der Waals surface area (Å²) in [6.45, 7) is 3.85. The topological polar surface area (TPSA) is 93.4 Å². The lowest BCUT2D eigenvalue weighted by molar-refractivity contribution is 0.1000. The number of halogens is 1. The van der Waals surface area contributed by atoms with Gasteiger partial charge in [0.25, 0.3) is 0 Å². The number of benzene rings is 2. The number of rotatable bonds is 6. The molecule has 0 aliphatic carbocycles. The van der Waals surface area contributed by atoms with Crippen LogP contribution in [-0.4, -0.2) is 18.0 Å². The van der Waals surface area contributed by atoms with Crippen LogP contribution in [0.2, 0.25) is 0 Å². The minimum atomic E-state index is -0.540. The Balaban J connectivity index is 2.02. The van der Waals surface area contributed by atoms with Crippen molar-refractivity contribution in [2.45, 2.75) is 26.5 Å². The third kappa shape index (κ3) is 5.49. The van der Waals surface area contributed by atoms with E-state index in [1.807, 2.05) is 13.8 Å². The van der Waals surface area contributed by atoms with E-state index in [-0.39, 0.29) is 18.3 Å². The van der Waals surface area contributed by atoms with Gasteiger partial charge in [-0.05, 0) is 43.7 Å². The lowest BCUT2D eigenvalue weighted by atomic mass is 10.1. The Bertz CT molecular complexity index is 778. The maximum absolute atomic E-state index is 13.4. The van der Waals surface area contributed by atoms with E-state index in [4.69, 9.17) is 10.5 Å². The van der Waals surface area contributed by atoms with Crippen LogP contribution in [0.15, 0.2) is 42.5 Å². The van der Waals surface area contributed by atoms with E-state index in [1.165, 1.54) is 18.2 Å². The highest BCUT2D eigenvalue weighted by Crippen LogP contribution is 2.26. The largest absolute Gasteiger partial charge is 0.489 e. The Kier molecular flexibility index (Phi) is 5.94. The Hall–Kier alpha value is -3.09. The Labute approximate surface area is 145 Å². The first-order valence-corrected chi connectivity index (χ1v) is 7.75. The average Bonchev–Trinajstić information content (AvgIpc) is 2.55. The summed E-state index contributed by atoms with van der Waals surface area (Å²) in [5.74, 6) is -0.649. The monoisotopic (exact) mass is 345 g/mol. The third-order valence-corrected chi connectivity index (χ3v) is 3.22. The lowest BCUT2D eigenvalue weighted by Gasteiger charge is -2.15. The lowest BCUT2D eigenvalue weighted by Crippen LogP contribution is -2.28. The zero-order chi connectivity index (χ0) is 18.4. The van der Waals surface area contributed by atoms with Crippen LogP contribution in [-0.2, 0) is 6.54 Å². The van der Waals surface area contributed by atoms with Crippen molar-refractivity contribution in [1.29, 1.82) is 0 Å². The molecular formula is C18H20FN3O3. The summed E-state index contributed by atoms with van der Waals surface area (Å²) in [7, 11) is 0. The van der Waals surface area contributed by atoms with Crippen molar-refractivity contribution in [3.8, 4) is 5.75 Å². The quantitative estimate of drug-likeness (QED) is 0.751. The van der Waals surface area contributed by atoms with E-state index in [0.717, 1.165) is 0 Å². The number of nitrogens with one attached hydrogen (secondary N) is 2. The standard InChI is InChI=1S/C18H20FN3O3/c1-11(2)25-16-7-6-14(19)9-15(16)22-18(24)21-10-12-4-3-5-13(8-12)17(20)23/h3-9,11H,10H2,1-2H3,(H2,20,23)(H2,21,22,24). The van der Waals surface area contributed by atoms with Crippen LogP contribution in [0.4, 0.5) is 14.9 Å². The molecular weight excluding hydrogens is 325 g/mol. The van der Waals surface area contributed by atoms with Gasteiger partial charge in [0.05, 0.1) is 11.8 Å². The number of hydrogen-bond donors (Lipinski definition) is 3. The summed E-state index contributed by atoms with van der Waals surface area (Å²) >= 11 is 0. The number of carbonyl (C=O) groups is 2. The van der Waals surface area contributed by atoms with E-state index in [2.05, 4.69) is 10.6 Å². The molecule has 0 bridgehead atoms. The maximum atomic E-state index is 13.4. The molecule has 2 aromatic rings. The maximum Gasteiger partial charge on any atom is 0.319 e. The molecule has 0 spiro atoms. The van der Waals surface area contributed by atoms with E-state index in [9.17, 15) is 14.0 Å². The predicted octanol–water partition coefficient (Wildman–Crippen LogP) is 3.03. The van der Waals surface area contributed by atoms with Crippen molar-refractivity contribution in [3.63, 3.8) is 0 Å². The molecule has 0 aliphatic heterocycles. The first-order chi connectivity index (χ1) is 11.8. The summed E-state index contributed by atoms with van der Waals surface area (Å²) in [6.07, 6.45) is -0.120. The van der Waals surface area contributed by atoms with E-state index < -0.39 is 17.8 Å². The van der Waals surface area contributed by atoms with Gasteiger partial charge < -0.3 is 21.1 Å². The minimum absolute atomic E-state index is 0.120. The van der Waals surface area contributed by atoms with Crippen LogP contribution in [0.3, 0.4) is 0 Å². The molecule has 7 heteroatoms. The van der Waals surface area contributed by atoms with Gasteiger partial charge in [0.1, 0.15) is 11.6 Å². The molecule has 0 heterocycles. The van der Waals surface area contributed by atoms with Gasteiger partial charge in [-0.25, -0.2) is 9.18 Å². The number of nitrogens with two attached hydrogens (primary N) is 1. The number of amides is 3. The van der Waals surface area contributed by atoms with Crippen molar-refractivity contribution in [2.75, 3.05) is 5.32 Å². The predicted molar refractivity (Wildman–Crippen MR) is 93.0 cm³/mol. The molecule has 0 fully saturated rings. The number of primary amides is 1. The highest BCUT2D eigenvalue weighted by Gasteiger charge is 2.11. The molecule has 4 N–H and O–H groups in total. The van der Waals surface area contributed by atoms with E-state index in [1.54, 1.807) is 24.3 Å². The molecule has 6 nitrogen and oxygen atoms in total. The van der Waals surface area contributed by atoms with Crippen molar-refractivity contribution in [2.24, 2.45) is 5.73 Å². The summed E-state index contributed by atoms with van der Waals surface area (Å²) in [4.78, 5) is 23.2. The highest BCUT2D eigenvalue weighted by molar-refractivity contribution is 5.93. The van der Waals surface area contributed by atoms with Crippen LogP contribution in [0.1, 0.15) is 29.8 Å². The molecule has 0 saturated carbocycles. The first-order valence-electron chi connectivity index (χ1n) is 7.75. The molecule has 0 saturated heterocycles. The molecule has 0 unspecified atom stereocenters. The Morgan fingerprint density at radius 2 is 1.96 bits per heavy atom. The molecule has 25 heavy (non-hydrogen) atoms. The van der Waals surface area contributed by atoms with Crippen molar-refractivity contribution in [1.82, 2.24) is 5.32 Å². The van der Waals surface area contributed by atoms with Gasteiger partial charge in [-0.1, -0.05) is 12.1 Å². The number of urea groups is 1. The normalized spacial score (nSPS) is 10.4. The van der Waals surface area contributed by atoms with Gasteiger partial charge in [-0.2, -0.15) is 0 Å². The zero-order valence-corrected chi connectivity index (χ0v) is 14.0. The van der Waals surface area contributed by atoms with Crippen molar-refractivity contribution in [3.05, 3.63) is 59.4 Å². The van der Waals surface area contributed by atoms with Crippen molar-refractivity contribution >= 4 is 17.6 Å². The summed E-state index contributed by atoms with van der Waals surface area (Å²) < 4.78 is 19.0. The second kappa shape index (κ2) is 8.14. The van der Waals surface area contributed by atoms with Crippen LogP contribution in [0.5, 0.6) is 5.75 Å². The smallest absolute Gasteiger partial charge is 0.319 e. The Morgan fingerprint density at radius 1 is 1.20 bits per heavy atom. The average molecular weight is 345 g/mol. The van der Waals surface area contributed by atoms with Gasteiger partial charge >= 0.3 is 6.03 Å². The van der Waals surface area contributed by atoms with Crippen LogP contribution in [0.25, 0.3) is 0 Å². The van der Waals surface area contributed by atoms with Crippen LogP contribution in [0, 0.1) is 5.82 Å². The summed E-state index contributed by atoms with van der Waals surface area (Å²) in [6, 6.07) is 10.00. The second-order valence-electron chi connectivity index (χ2n) is 5.68. The van der Waals surface area contributed by atoms with Gasteiger partial charge in [0.2, 0.25) is 5.91 Å². The number of anilines is 1. The zero-order valence-electron chi connectivity index (χ0n) is 14.0. The molecule has 2 aromatic carbocycles. The third-order valence-electron chi connectivity index (χ3n) is 3.22. The molecule has 0 aliphatic rings. The van der Waals surface area contributed by atoms with Gasteiger partial charge in [0, 0.05) is 18.2 Å². The fourth-order valence-electron chi connectivity index (χ4n) is 2.14. The van der Waals surface area contributed by atoms with Crippen molar-refractivity contribution < 1.29 is 18.7 Å². The summed E-state index contributed by atoms with van der Waals surface area (Å²) in [5.41, 5.74) is 6.53. The molecule has 132 valence electrons. The molecule has 2 rings (SSSR count). The fraction of sp³-hybridized carbons (Fsp3) is 0.222. The number of carbonyl (C=O) groups excluding carboxylic acids is 2. The van der Waals surface area contributed by atoms with Crippen LogP contribution < -0.4 is 21.1 Å². The van der Waals surface area contributed by atoms with E-state index >= 15 is 0 Å². The van der Waals surface area contributed by atoms with Gasteiger partial charge in [0.15, 0.2) is 0 Å². The second-order valence-corrected chi connectivity index (χ2v) is 5.68. The SMILES string of the molecule is CC(C)Oc1ccc(F)cc1NC(=O)NCc1cccc(C(N)=O)c1. The fourth-order valence-corrected chi connectivity index (χ4v) is 2.14. The molecule has 0 radical (unpaired) electrons. The van der Waals surface area contributed by atoms with Gasteiger partial charge in [-0.15, -0.1) is 0 Å². The molecule has 3 amide bonds. The first kappa shape index (κ1) is 18.3. The number of ether oxygens (including phenoxy) is 1. The molecule has 0 atom stereocenters. The minimum Gasteiger partial charge on any atom is -0.489 e. The van der Waals surface area contributed by atoms with Gasteiger partial charge in [-0.3, -0.25) is 4.79 Å². The Morgan fingerprint density at radius 3 is 2.64 bits per heavy atom. The highest BCUT2D eigenvalue weighted by atomic mass is 19.1. The molecule has 0 aromatic heterocycles.